The zero-order valence-electron chi connectivity index (χ0n) is 17.5. The fourth-order valence-corrected chi connectivity index (χ4v) is 4.13. The second-order valence-corrected chi connectivity index (χ2v) is 9.08. The number of aliphatic hydroxyl groups excluding tert-OH is 1. The third kappa shape index (κ3) is 18.2. The van der Waals surface area contributed by atoms with Gasteiger partial charge in [0, 0.05) is 5.25 Å². The molecule has 0 rings (SSSR count). The Morgan fingerprint density at radius 1 is 0.731 bits per heavy atom. The van der Waals surface area contributed by atoms with E-state index >= 15 is 0 Å². The van der Waals surface area contributed by atoms with Crippen molar-refractivity contribution in [1.29, 1.82) is 0 Å². The minimum Gasteiger partial charge on any atom is -0.748 e. The summed E-state index contributed by atoms with van der Waals surface area (Å²) in [7, 11) is -4.22. The van der Waals surface area contributed by atoms with Gasteiger partial charge in [0.1, 0.15) is 0 Å². The number of rotatable bonds is 18. The van der Waals surface area contributed by atoms with E-state index in [1.54, 1.807) is 6.92 Å². The van der Waals surface area contributed by atoms with E-state index in [4.69, 9.17) is 0 Å². The number of unbranched alkanes of at least 4 members (excludes halogenated alkanes) is 11. The molecule has 6 heteroatoms. The normalized spacial score (nSPS) is 14.0. The van der Waals surface area contributed by atoms with E-state index in [0.29, 0.717) is 19.3 Å². The maximum Gasteiger partial charge on any atom is 1.00 e. The van der Waals surface area contributed by atoms with Crippen LogP contribution in [0.4, 0.5) is 0 Å². The van der Waals surface area contributed by atoms with Gasteiger partial charge in [0.15, 0.2) is 0 Å². The van der Waals surface area contributed by atoms with Crippen molar-refractivity contribution in [3.8, 4) is 0 Å². The molecule has 26 heavy (non-hydrogen) atoms. The van der Waals surface area contributed by atoms with Crippen LogP contribution in [0.15, 0.2) is 0 Å². The Balaban J connectivity index is 0. The van der Waals surface area contributed by atoms with Crippen molar-refractivity contribution in [3.05, 3.63) is 0 Å². The quantitative estimate of drug-likeness (QED) is 0.218. The summed E-state index contributed by atoms with van der Waals surface area (Å²) in [6, 6.07) is 0. The molecule has 4 nitrogen and oxygen atoms in total. The summed E-state index contributed by atoms with van der Waals surface area (Å²) in [5, 5.41) is 9.08. The smallest absolute Gasteiger partial charge is 0.748 e. The third-order valence-electron chi connectivity index (χ3n) is 5.08. The van der Waals surface area contributed by atoms with Gasteiger partial charge in [-0.1, -0.05) is 90.9 Å². The molecule has 2 unspecified atom stereocenters. The van der Waals surface area contributed by atoms with Crippen molar-refractivity contribution in [2.75, 3.05) is 0 Å². The minimum atomic E-state index is -4.22. The molecule has 0 radical (unpaired) electrons. The first kappa shape index (κ1) is 29.1. The SMILES string of the molecule is CCCCCCCCCCCCCCC(O)CCC(CC)S(=O)(=O)[O-].[Na+]. The molecule has 0 aromatic carbocycles. The Morgan fingerprint density at radius 3 is 1.54 bits per heavy atom. The second kappa shape index (κ2) is 19.2. The predicted octanol–water partition coefficient (Wildman–Crippen LogP) is 2.55. The van der Waals surface area contributed by atoms with Gasteiger partial charge in [0.25, 0.3) is 0 Å². The van der Waals surface area contributed by atoms with Gasteiger partial charge in [-0.2, -0.15) is 0 Å². The third-order valence-corrected chi connectivity index (χ3v) is 6.46. The van der Waals surface area contributed by atoms with Crippen LogP contribution in [0.5, 0.6) is 0 Å². The molecule has 0 spiro atoms. The Morgan fingerprint density at radius 2 is 1.15 bits per heavy atom. The number of hydrogen-bond acceptors (Lipinski definition) is 4. The fourth-order valence-electron chi connectivity index (χ4n) is 3.30. The summed E-state index contributed by atoms with van der Waals surface area (Å²) in [6.07, 6.45) is 16.7. The average Bonchev–Trinajstić information content (AvgIpc) is 2.55. The first-order valence-corrected chi connectivity index (χ1v) is 12.0. The Bertz CT molecular complexity index is 387. The van der Waals surface area contributed by atoms with E-state index in [1.165, 1.54) is 64.2 Å². The van der Waals surface area contributed by atoms with Gasteiger partial charge >= 0.3 is 29.6 Å². The maximum atomic E-state index is 11.0. The van der Waals surface area contributed by atoms with Crippen LogP contribution in [0.2, 0.25) is 0 Å². The van der Waals surface area contributed by atoms with Crippen LogP contribution in [0.3, 0.4) is 0 Å². The van der Waals surface area contributed by atoms with Gasteiger partial charge in [0.2, 0.25) is 0 Å². The summed E-state index contributed by atoms with van der Waals surface area (Å²) in [5.41, 5.74) is 0. The van der Waals surface area contributed by atoms with Crippen molar-refractivity contribution < 1.29 is 47.6 Å². The van der Waals surface area contributed by atoms with Crippen molar-refractivity contribution in [2.45, 2.75) is 128 Å². The van der Waals surface area contributed by atoms with Gasteiger partial charge in [-0.15, -0.1) is 0 Å². The first-order chi connectivity index (χ1) is 11.9. The molecule has 0 heterocycles. The van der Waals surface area contributed by atoms with E-state index in [0.717, 1.165) is 12.8 Å². The van der Waals surface area contributed by atoms with Gasteiger partial charge in [-0.05, 0) is 25.7 Å². The van der Waals surface area contributed by atoms with Crippen molar-refractivity contribution in [2.24, 2.45) is 0 Å². The van der Waals surface area contributed by atoms with Crippen molar-refractivity contribution in [3.63, 3.8) is 0 Å². The molecule has 0 aromatic rings. The average molecular weight is 401 g/mol. The number of aliphatic hydroxyl groups is 1. The van der Waals surface area contributed by atoms with Crippen LogP contribution >= 0.6 is 0 Å². The largest absolute Gasteiger partial charge is 1.00 e. The van der Waals surface area contributed by atoms with Crippen LogP contribution in [-0.4, -0.2) is 29.4 Å². The van der Waals surface area contributed by atoms with E-state index in [1.807, 2.05) is 0 Å². The molecule has 152 valence electrons. The standard InChI is InChI=1S/C20H42O4S.Na/c1-3-5-6-7-8-9-10-11-12-13-14-15-16-19(21)17-18-20(4-2)25(22,23)24;/h19-21H,3-18H2,1-2H3,(H,22,23,24);/q;+1/p-1. The van der Waals surface area contributed by atoms with Crippen molar-refractivity contribution in [1.82, 2.24) is 0 Å². The zero-order valence-corrected chi connectivity index (χ0v) is 20.4. The molecule has 0 fully saturated rings. The van der Waals surface area contributed by atoms with Crippen LogP contribution in [-0.2, 0) is 10.1 Å². The molecule has 0 bridgehead atoms. The monoisotopic (exact) mass is 400 g/mol. The summed E-state index contributed by atoms with van der Waals surface area (Å²) < 4.78 is 33.0. The van der Waals surface area contributed by atoms with Crippen LogP contribution < -0.4 is 29.6 Å². The van der Waals surface area contributed by atoms with Gasteiger partial charge in [-0.3, -0.25) is 0 Å². The van der Waals surface area contributed by atoms with Crippen LogP contribution in [0.25, 0.3) is 0 Å². The first-order valence-electron chi connectivity index (χ1n) is 10.5. The van der Waals surface area contributed by atoms with E-state index in [9.17, 15) is 18.1 Å². The molecule has 0 aliphatic carbocycles. The molecule has 0 aliphatic rings. The second-order valence-electron chi connectivity index (χ2n) is 7.43. The summed E-state index contributed by atoms with van der Waals surface area (Å²) in [6.45, 7) is 3.95. The molecule has 0 aromatic heterocycles. The molecule has 0 saturated carbocycles. The van der Waals surface area contributed by atoms with Crippen molar-refractivity contribution >= 4 is 10.1 Å². The number of hydrogen-bond donors (Lipinski definition) is 1. The Kier molecular flexibility index (Phi) is 21.5. The zero-order chi connectivity index (χ0) is 19.0. The van der Waals surface area contributed by atoms with Crippen LogP contribution in [0, 0.1) is 0 Å². The van der Waals surface area contributed by atoms with Gasteiger partial charge in [0.05, 0.1) is 16.2 Å². The Labute approximate surface area is 185 Å². The molecule has 0 aliphatic heterocycles. The van der Waals surface area contributed by atoms with Gasteiger partial charge in [-0.25, -0.2) is 8.42 Å². The summed E-state index contributed by atoms with van der Waals surface area (Å²) in [4.78, 5) is 0. The minimum absolute atomic E-state index is 0. The van der Waals surface area contributed by atoms with E-state index in [-0.39, 0.29) is 36.0 Å². The van der Waals surface area contributed by atoms with E-state index in [2.05, 4.69) is 6.92 Å². The molecule has 0 amide bonds. The summed E-state index contributed by atoms with van der Waals surface area (Å²) >= 11 is 0. The summed E-state index contributed by atoms with van der Waals surface area (Å²) in [5.74, 6) is 0. The molecule has 2 atom stereocenters. The Hall–Kier alpha value is 0.870. The molecule has 1 N–H and O–H groups in total. The van der Waals surface area contributed by atoms with Crippen LogP contribution in [0.1, 0.15) is 117 Å². The van der Waals surface area contributed by atoms with Gasteiger partial charge < -0.3 is 9.66 Å². The maximum absolute atomic E-state index is 11.0. The topological polar surface area (TPSA) is 77.4 Å². The fraction of sp³-hybridized carbons (Fsp3) is 1.00. The predicted molar refractivity (Wildman–Crippen MR) is 105 cm³/mol. The molecular weight excluding hydrogens is 359 g/mol. The van der Waals surface area contributed by atoms with E-state index < -0.39 is 21.5 Å². The molecule has 0 saturated heterocycles. The molecular formula is C20H41NaO4S.